The fourth-order valence-electron chi connectivity index (χ4n) is 5.89. The molecule has 2 atom stereocenters. The number of rotatable bonds is 4. The summed E-state index contributed by atoms with van der Waals surface area (Å²) in [6.07, 6.45) is -1.76. The molecule has 0 unspecified atom stereocenters. The maximum absolute atomic E-state index is 14.6. The Kier molecular flexibility index (Phi) is 8.97. The lowest BCUT2D eigenvalue weighted by Crippen LogP contribution is -2.47. The molecule has 4 N–H and O–H groups in total. The minimum Gasteiger partial charge on any atom is -0.358 e. The number of aromatic nitrogens is 4. The molecule has 0 radical (unpaired) electrons. The highest BCUT2D eigenvalue weighted by molar-refractivity contribution is 5.51. The number of hydrogen-bond acceptors (Lipinski definition) is 6. The molecule has 2 aromatic heterocycles. The molecule has 0 fully saturated rings. The number of benzene rings is 2. The van der Waals surface area contributed by atoms with Crippen molar-refractivity contribution in [2.75, 3.05) is 10.6 Å². The lowest BCUT2D eigenvalue weighted by molar-refractivity contribution is -0.0248. The van der Waals surface area contributed by atoms with E-state index in [1.54, 1.807) is 27.7 Å². The lowest BCUT2D eigenvalue weighted by atomic mass is 9.91. The Morgan fingerprint density at radius 3 is 1.27 bits per heavy atom. The third-order valence-electron chi connectivity index (χ3n) is 8.17. The second-order valence-corrected chi connectivity index (χ2v) is 12.2. The smallest absolute Gasteiger partial charge is 0.330 e. The van der Waals surface area contributed by atoms with Gasteiger partial charge in [0.2, 0.25) is 0 Å². The first-order valence-corrected chi connectivity index (χ1v) is 15.0. The molecule has 0 saturated heterocycles. The Hall–Kier alpha value is -5.02. The highest BCUT2D eigenvalue weighted by Crippen LogP contribution is 2.43. The van der Waals surface area contributed by atoms with Gasteiger partial charge in [-0.25, -0.2) is 35.9 Å². The standard InChI is InChI=1S/2C16H16F3N3O2/c2*1-8(2)22-14(23)10-7-16(18,19)12(20-13(10)21-15(22)24)9-5-3-4-6-11(9)17/h2*3-6,8,12,20H,7H2,1-2H3,(H,21,24)/t2*12-/m10/s1. The topological polar surface area (TPSA) is 134 Å². The van der Waals surface area contributed by atoms with Crippen LogP contribution in [0.4, 0.5) is 38.0 Å². The van der Waals surface area contributed by atoms with Gasteiger partial charge in [0.05, 0.1) is 11.1 Å². The van der Waals surface area contributed by atoms with E-state index in [1.807, 2.05) is 0 Å². The third kappa shape index (κ3) is 6.18. The van der Waals surface area contributed by atoms with Crippen molar-refractivity contribution in [3.63, 3.8) is 0 Å². The molecule has 0 amide bonds. The zero-order valence-corrected chi connectivity index (χ0v) is 26.1. The van der Waals surface area contributed by atoms with Crippen LogP contribution in [0.1, 0.15) is 74.1 Å². The molecule has 4 heterocycles. The minimum absolute atomic E-state index is 0.0823. The second-order valence-electron chi connectivity index (χ2n) is 12.2. The molecule has 16 heteroatoms. The zero-order valence-electron chi connectivity index (χ0n) is 26.1. The third-order valence-corrected chi connectivity index (χ3v) is 8.17. The van der Waals surface area contributed by atoms with Gasteiger partial charge in [0.25, 0.3) is 23.0 Å². The number of anilines is 2. The summed E-state index contributed by atoms with van der Waals surface area (Å²) >= 11 is 0. The van der Waals surface area contributed by atoms with Crippen LogP contribution in [0.25, 0.3) is 0 Å². The average Bonchev–Trinajstić information content (AvgIpc) is 2.98. The predicted molar refractivity (Wildman–Crippen MR) is 166 cm³/mol. The molecule has 2 aliphatic heterocycles. The van der Waals surface area contributed by atoms with E-state index in [0.29, 0.717) is 0 Å². The van der Waals surface area contributed by atoms with Crippen molar-refractivity contribution in [2.24, 2.45) is 0 Å². The Morgan fingerprint density at radius 2 is 0.958 bits per heavy atom. The fourth-order valence-corrected chi connectivity index (χ4v) is 5.89. The van der Waals surface area contributed by atoms with Crippen LogP contribution in [0, 0.1) is 11.6 Å². The van der Waals surface area contributed by atoms with Gasteiger partial charge in [-0.1, -0.05) is 36.4 Å². The summed E-state index contributed by atoms with van der Waals surface area (Å²) < 4.78 is 87.8. The molecule has 4 aromatic rings. The van der Waals surface area contributed by atoms with E-state index in [-0.39, 0.29) is 33.9 Å². The van der Waals surface area contributed by atoms with Gasteiger partial charge in [-0.05, 0) is 39.8 Å². The van der Waals surface area contributed by atoms with Gasteiger partial charge < -0.3 is 10.6 Å². The first-order chi connectivity index (χ1) is 22.4. The average molecular weight is 679 g/mol. The summed E-state index contributed by atoms with van der Waals surface area (Å²) in [5.41, 5.74) is -3.77. The van der Waals surface area contributed by atoms with Gasteiger partial charge in [0, 0.05) is 36.1 Å². The molecule has 10 nitrogen and oxygen atoms in total. The Morgan fingerprint density at radius 1 is 0.625 bits per heavy atom. The fraction of sp³-hybridized carbons (Fsp3) is 0.375. The van der Waals surface area contributed by atoms with E-state index in [9.17, 15) is 45.5 Å². The molecule has 2 aromatic carbocycles. The molecule has 256 valence electrons. The molecular weight excluding hydrogens is 646 g/mol. The number of fused-ring (bicyclic) bond motifs is 2. The van der Waals surface area contributed by atoms with Crippen molar-refractivity contribution in [2.45, 2.75) is 76.5 Å². The molecule has 0 saturated carbocycles. The van der Waals surface area contributed by atoms with Gasteiger partial charge in [-0.3, -0.25) is 28.7 Å². The normalized spacial score (nSPS) is 19.0. The van der Waals surface area contributed by atoms with Gasteiger partial charge in [-0.2, -0.15) is 0 Å². The molecule has 0 spiro atoms. The van der Waals surface area contributed by atoms with Crippen molar-refractivity contribution in [1.29, 1.82) is 0 Å². The molecule has 48 heavy (non-hydrogen) atoms. The number of alkyl halides is 4. The van der Waals surface area contributed by atoms with Crippen LogP contribution in [-0.4, -0.2) is 30.9 Å². The van der Waals surface area contributed by atoms with Gasteiger partial charge in [0.15, 0.2) is 0 Å². The summed E-state index contributed by atoms with van der Waals surface area (Å²) in [5.74, 6) is -8.50. The van der Waals surface area contributed by atoms with Crippen LogP contribution in [0.2, 0.25) is 0 Å². The molecular formula is C32H32F6N6O4. The van der Waals surface area contributed by atoms with Crippen molar-refractivity contribution in [1.82, 2.24) is 19.1 Å². The van der Waals surface area contributed by atoms with Crippen molar-refractivity contribution in [3.8, 4) is 0 Å². The van der Waals surface area contributed by atoms with E-state index in [0.717, 1.165) is 21.3 Å². The summed E-state index contributed by atoms with van der Waals surface area (Å²) in [5, 5.41) is 4.87. The van der Waals surface area contributed by atoms with E-state index in [1.165, 1.54) is 36.4 Å². The summed E-state index contributed by atoms with van der Waals surface area (Å²) in [4.78, 5) is 53.6. The number of nitrogens with zero attached hydrogens (tertiary/aromatic N) is 2. The summed E-state index contributed by atoms with van der Waals surface area (Å²) in [6.45, 7) is 6.44. The zero-order chi connectivity index (χ0) is 35.3. The highest BCUT2D eigenvalue weighted by atomic mass is 19.3. The highest BCUT2D eigenvalue weighted by Gasteiger charge is 2.48. The predicted octanol–water partition coefficient (Wildman–Crippen LogP) is 5.20. The molecule has 6 rings (SSSR count). The number of H-pyrrole nitrogens is 2. The van der Waals surface area contributed by atoms with Crippen LogP contribution in [0.15, 0.2) is 67.7 Å². The van der Waals surface area contributed by atoms with Crippen LogP contribution in [-0.2, 0) is 12.8 Å². The summed E-state index contributed by atoms with van der Waals surface area (Å²) in [7, 11) is 0. The number of aromatic amines is 2. The lowest BCUT2D eigenvalue weighted by Gasteiger charge is -2.34. The van der Waals surface area contributed by atoms with E-state index in [4.69, 9.17) is 0 Å². The Bertz CT molecular complexity index is 1950. The number of hydrogen-bond donors (Lipinski definition) is 4. The number of halogens is 6. The van der Waals surface area contributed by atoms with Gasteiger partial charge in [-0.15, -0.1) is 0 Å². The van der Waals surface area contributed by atoms with Crippen molar-refractivity contribution in [3.05, 3.63) is 124 Å². The first-order valence-electron chi connectivity index (χ1n) is 15.0. The van der Waals surface area contributed by atoms with E-state index < -0.39 is 83.0 Å². The molecule has 2 aliphatic rings. The summed E-state index contributed by atoms with van der Waals surface area (Å²) in [6, 6.07) is 6.09. The van der Waals surface area contributed by atoms with Gasteiger partial charge >= 0.3 is 11.4 Å². The van der Waals surface area contributed by atoms with E-state index >= 15 is 0 Å². The Labute approximate surface area is 268 Å². The largest absolute Gasteiger partial charge is 0.358 e. The van der Waals surface area contributed by atoms with Crippen molar-refractivity contribution >= 4 is 11.6 Å². The SMILES string of the molecule is CC(C)n1c(=O)[nH]c2c(c1=O)CC(F)(F)[C@@H](c1ccccc1F)N2.CC(C)n1c(=O)[nH]c2c(c1=O)CC(F)(F)[C@H](c1ccccc1F)N2. The van der Waals surface area contributed by atoms with Gasteiger partial charge in [0.1, 0.15) is 35.4 Å². The maximum Gasteiger partial charge on any atom is 0.330 e. The minimum atomic E-state index is -3.39. The Balaban J connectivity index is 0.000000188. The molecule has 0 aliphatic carbocycles. The van der Waals surface area contributed by atoms with E-state index in [2.05, 4.69) is 20.6 Å². The van der Waals surface area contributed by atoms with Crippen LogP contribution >= 0.6 is 0 Å². The van der Waals surface area contributed by atoms with Crippen LogP contribution in [0.3, 0.4) is 0 Å². The second kappa shape index (κ2) is 12.5. The number of nitrogens with one attached hydrogen (secondary N) is 4. The molecule has 0 bridgehead atoms. The quantitative estimate of drug-likeness (QED) is 0.219. The maximum atomic E-state index is 14.6. The first kappa shape index (κ1) is 34.3. The van der Waals surface area contributed by atoms with Crippen LogP contribution in [0.5, 0.6) is 0 Å². The monoisotopic (exact) mass is 678 g/mol. The van der Waals surface area contributed by atoms with Crippen LogP contribution < -0.4 is 33.1 Å². The van der Waals surface area contributed by atoms with Crippen molar-refractivity contribution < 1.29 is 26.3 Å².